The quantitative estimate of drug-likeness (QED) is 0.460. The summed E-state index contributed by atoms with van der Waals surface area (Å²) in [5.41, 5.74) is 2.62. The second kappa shape index (κ2) is 8.99. The number of para-hydroxylation sites is 1. The van der Waals surface area contributed by atoms with E-state index in [0.717, 1.165) is 35.3 Å². The Morgan fingerprint density at radius 2 is 1.87 bits per heavy atom. The number of nitrogens with zero attached hydrogens (tertiary/aromatic N) is 7. The van der Waals surface area contributed by atoms with Crippen LogP contribution in [-0.2, 0) is 6.42 Å². The maximum atomic E-state index is 13.4. The van der Waals surface area contributed by atoms with E-state index >= 15 is 0 Å². The number of hydrogen-bond acceptors (Lipinski definition) is 6. The number of pyridine rings is 1. The van der Waals surface area contributed by atoms with Gasteiger partial charge in [0.1, 0.15) is 11.5 Å². The summed E-state index contributed by atoms with van der Waals surface area (Å²) < 4.78 is 0. The molecule has 0 spiro atoms. The number of aryl methyl sites for hydroxylation is 2. The summed E-state index contributed by atoms with van der Waals surface area (Å²) in [5, 5.41) is 9.35. The van der Waals surface area contributed by atoms with Gasteiger partial charge in [0.2, 0.25) is 0 Å². The van der Waals surface area contributed by atoms with Crippen molar-refractivity contribution in [3.63, 3.8) is 0 Å². The van der Waals surface area contributed by atoms with E-state index in [-0.39, 0.29) is 11.9 Å². The summed E-state index contributed by atoms with van der Waals surface area (Å²) in [6.45, 7) is 3.95. The van der Waals surface area contributed by atoms with Crippen molar-refractivity contribution in [3.05, 3.63) is 72.2 Å². The van der Waals surface area contributed by atoms with Crippen LogP contribution in [0.1, 0.15) is 41.8 Å². The average Bonchev–Trinajstić information content (AvgIpc) is 3.33. The van der Waals surface area contributed by atoms with Crippen LogP contribution in [0.5, 0.6) is 0 Å². The molecule has 4 aromatic rings. The zero-order valence-electron chi connectivity index (χ0n) is 17.9. The number of hydrogen-bond donors (Lipinski definition) is 0. The Balaban J connectivity index is 1.52. The molecule has 0 N–H and O–H groups in total. The van der Waals surface area contributed by atoms with Crippen molar-refractivity contribution in [2.75, 3.05) is 7.05 Å². The highest BCUT2D eigenvalue weighted by atomic mass is 16.2. The van der Waals surface area contributed by atoms with E-state index in [1.165, 1.54) is 4.80 Å². The molecule has 0 aliphatic rings. The summed E-state index contributed by atoms with van der Waals surface area (Å²) >= 11 is 0. The van der Waals surface area contributed by atoms with E-state index in [0.29, 0.717) is 17.8 Å². The fraction of sp³-hybridized carbons (Fsp3) is 0.304. The van der Waals surface area contributed by atoms with Gasteiger partial charge in [-0.25, -0.2) is 15.0 Å². The molecule has 4 rings (SSSR count). The Morgan fingerprint density at radius 1 is 1.10 bits per heavy atom. The molecule has 8 heteroatoms. The Hall–Kier alpha value is -3.68. The third kappa shape index (κ3) is 4.42. The van der Waals surface area contributed by atoms with Gasteiger partial charge in [0.25, 0.3) is 5.91 Å². The summed E-state index contributed by atoms with van der Waals surface area (Å²) in [6.07, 6.45) is 7.28. The number of fused-ring (bicyclic) bond motifs is 1. The Morgan fingerprint density at radius 3 is 2.65 bits per heavy atom. The predicted octanol–water partition coefficient (Wildman–Crippen LogP) is 3.40. The van der Waals surface area contributed by atoms with Crippen LogP contribution in [0.2, 0.25) is 0 Å². The number of aromatic nitrogens is 6. The van der Waals surface area contributed by atoms with Gasteiger partial charge in [0, 0.05) is 36.8 Å². The third-order valence-corrected chi connectivity index (χ3v) is 5.43. The first-order valence-corrected chi connectivity index (χ1v) is 10.4. The molecular formula is C23H25N7O. The van der Waals surface area contributed by atoms with Gasteiger partial charge in [-0.15, -0.1) is 4.80 Å². The van der Waals surface area contributed by atoms with Gasteiger partial charge >= 0.3 is 0 Å². The molecule has 3 aromatic heterocycles. The maximum Gasteiger partial charge on any atom is 0.274 e. The van der Waals surface area contributed by atoms with Crippen LogP contribution in [0.15, 0.2) is 55.0 Å². The molecular weight excluding hydrogens is 390 g/mol. The third-order valence-electron chi connectivity index (χ3n) is 5.43. The van der Waals surface area contributed by atoms with Gasteiger partial charge in [0.05, 0.1) is 17.9 Å². The van der Waals surface area contributed by atoms with Crippen molar-refractivity contribution in [1.82, 2.24) is 34.8 Å². The lowest BCUT2D eigenvalue weighted by Gasteiger charge is -2.27. The van der Waals surface area contributed by atoms with Crippen molar-refractivity contribution in [2.24, 2.45) is 0 Å². The zero-order valence-corrected chi connectivity index (χ0v) is 17.9. The molecule has 0 saturated carbocycles. The van der Waals surface area contributed by atoms with Gasteiger partial charge < -0.3 is 4.90 Å². The van der Waals surface area contributed by atoms with Crippen LogP contribution < -0.4 is 0 Å². The number of carbonyl (C=O) groups excluding carboxylic acids is 1. The topological polar surface area (TPSA) is 89.7 Å². The van der Waals surface area contributed by atoms with Crippen LogP contribution in [-0.4, -0.2) is 53.8 Å². The minimum absolute atomic E-state index is 0.0308. The molecule has 1 atom stereocenters. The average molecular weight is 416 g/mol. The lowest BCUT2D eigenvalue weighted by molar-refractivity contribution is 0.0713. The predicted molar refractivity (Wildman–Crippen MR) is 118 cm³/mol. The molecule has 0 radical (unpaired) electrons. The van der Waals surface area contributed by atoms with E-state index in [1.807, 2.05) is 56.6 Å². The smallest absolute Gasteiger partial charge is 0.274 e. The lowest BCUT2D eigenvalue weighted by Crippen LogP contribution is -2.38. The summed E-state index contributed by atoms with van der Waals surface area (Å²) in [4.78, 5) is 30.2. The zero-order chi connectivity index (χ0) is 21.8. The monoisotopic (exact) mass is 415 g/mol. The molecule has 0 fully saturated rings. The standard InChI is InChI=1S/C23H25N7O/c1-4-18(10-12-21-24-15-17-7-5-6-8-19(17)28-21)29(3)23(31)22-20(11-9-16(2)27-22)30-25-13-14-26-30/h5-9,11,13-15,18H,4,10,12H2,1-3H3/t18-/m0/s1. The van der Waals surface area contributed by atoms with Crippen molar-refractivity contribution in [2.45, 2.75) is 39.2 Å². The van der Waals surface area contributed by atoms with Crippen LogP contribution >= 0.6 is 0 Å². The van der Waals surface area contributed by atoms with Crippen LogP contribution in [0.4, 0.5) is 0 Å². The van der Waals surface area contributed by atoms with E-state index in [1.54, 1.807) is 17.3 Å². The number of benzene rings is 1. The second-order valence-electron chi connectivity index (χ2n) is 7.50. The van der Waals surface area contributed by atoms with Crippen molar-refractivity contribution in [3.8, 4) is 5.69 Å². The first-order valence-electron chi connectivity index (χ1n) is 10.4. The number of amides is 1. The fourth-order valence-corrected chi connectivity index (χ4v) is 3.64. The lowest BCUT2D eigenvalue weighted by atomic mass is 10.1. The molecule has 3 heterocycles. The first kappa shape index (κ1) is 20.6. The molecule has 0 unspecified atom stereocenters. The normalized spacial score (nSPS) is 12.1. The van der Waals surface area contributed by atoms with Crippen LogP contribution in [0.3, 0.4) is 0 Å². The second-order valence-corrected chi connectivity index (χ2v) is 7.50. The molecule has 0 aliphatic carbocycles. The van der Waals surface area contributed by atoms with E-state index in [4.69, 9.17) is 0 Å². The van der Waals surface area contributed by atoms with Crippen LogP contribution in [0.25, 0.3) is 16.6 Å². The Labute approximate surface area is 181 Å². The molecule has 8 nitrogen and oxygen atoms in total. The fourth-order valence-electron chi connectivity index (χ4n) is 3.64. The maximum absolute atomic E-state index is 13.4. The highest BCUT2D eigenvalue weighted by molar-refractivity contribution is 5.95. The molecule has 0 aliphatic heterocycles. The summed E-state index contributed by atoms with van der Waals surface area (Å²) in [7, 11) is 1.82. The largest absolute Gasteiger partial charge is 0.337 e. The van der Waals surface area contributed by atoms with Gasteiger partial charge in [-0.05, 0) is 38.0 Å². The molecule has 31 heavy (non-hydrogen) atoms. The molecule has 158 valence electrons. The molecule has 0 saturated heterocycles. The highest BCUT2D eigenvalue weighted by Crippen LogP contribution is 2.18. The van der Waals surface area contributed by atoms with Gasteiger partial charge in [0.15, 0.2) is 5.69 Å². The van der Waals surface area contributed by atoms with Gasteiger partial charge in [-0.3, -0.25) is 4.79 Å². The van der Waals surface area contributed by atoms with E-state index < -0.39 is 0 Å². The summed E-state index contributed by atoms with van der Waals surface area (Å²) in [6, 6.07) is 11.6. The molecule has 1 aromatic carbocycles. The van der Waals surface area contributed by atoms with E-state index in [9.17, 15) is 4.79 Å². The van der Waals surface area contributed by atoms with Crippen molar-refractivity contribution < 1.29 is 4.79 Å². The van der Waals surface area contributed by atoms with Crippen molar-refractivity contribution in [1.29, 1.82) is 0 Å². The Kier molecular flexibility index (Phi) is 5.97. The SMILES string of the molecule is CC[C@@H](CCc1ncc2ccccc2n1)N(C)C(=O)c1nc(C)ccc1-n1nccn1. The van der Waals surface area contributed by atoms with Crippen molar-refractivity contribution >= 4 is 16.8 Å². The van der Waals surface area contributed by atoms with Gasteiger partial charge in [-0.1, -0.05) is 25.1 Å². The Bertz CT molecular complexity index is 1190. The number of rotatable bonds is 7. The first-order chi connectivity index (χ1) is 15.1. The number of carbonyl (C=O) groups is 1. The summed E-state index contributed by atoms with van der Waals surface area (Å²) in [5.74, 6) is 0.635. The highest BCUT2D eigenvalue weighted by Gasteiger charge is 2.25. The molecule has 0 bridgehead atoms. The van der Waals surface area contributed by atoms with E-state index in [2.05, 4.69) is 32.1 Å². The minimum atomic E-state index is -0.151. The van der Waals surface area contributed by atoms with Crippen LogP contribution in [0, 0.1) is 6.92 Å². The van der Waals surface area contributed by atoms with Gasteiger partial charge in [-0.2, -0.15) is 10.2 Å². The minimum Gasteiger partial charge on any atom is -0.337 e. The molecule has 1 amide bonds.